The van der Waals surface area contributed by atoms with Crippen LogP contribution in [0, 0.1) is 52.3 Å². The molecule has 0 aromatic heterocycles. The molecule has 0 radical (unpaired) electrons. The maximum absolute atomic E-state index is 13.8. The number of alkyl halides is 2. The summed E-state index contributed by atoms with van der Waals surface area (Å²) in [6, 6.07) is 0. The van der Waals surface area contributed by atoms with Gasteiger partial charge in [-0.25, -0.2) is 8.78 Å². The van der Waals surface area contributed by atoms with Crippen molar-refractivity contribution in [3.8, 4) is 0 Å². The molecular formula is C26H44F2O2. The highest BCUT2D eigenvalue weighted by Crippen LogP contribution is 2.69. The van der Waals surface area contributed by atoms with Gasteiger partial charge in [0, 0.05) is 6.42 Å². The minimum Gasteiger partial charge on any atom is -0.393 e. The monoisotopic (exact) mass is 426 g/mol. The minimum absolute atomic E-state index is 0.0208. The third kappa shape index (κ3) is 3.47. The highest BCUT2D eigenvalue weighted by atomic mass is 19.3. The van der Waals surface area contributed by atoms with Gasteiger partial charge in [0.15, 0.2) is 0 Å². The van der Waals surface area contributed by atoms with Gasteiger partial charge in [-0.3, -0.25) is 0 Å². The van der Waals surface area contributed by atoms with E-state index in [-0.39, 0.29) is 41.3 Å². The summed E-state index contributed by atoms with van der Waals surface area (Å²) in [7, 11) is 0. The SMILES string of the molecule is CC[C@H]1[C@@H](O)C2C3CC[C@H]([C@H](C)CC(C)(F)F)[C@@]3(C)CCC2[C@@]2(C)CC[C@@H](O)C[C@@H]12. The second-order valence-corrected chi connectivity index (χ2v) is 12.4. The van der Waals surface area contributed by atoms with Gasteiger partial charge in [-0.1, -0.05) is 34.1 Å². The van der Waals surface area contributed by atoms with E-state index in [9.17, 15) is 19.0 Å². The Morgan fingerprint density at radius 1 is 0.967 bits per heavy atom. The van der Waals surface area contributed by atoms with Crippen LogP contribution < -0.4 is 0 Å². The van der Waals surface area contributed by atoms with Crippen LogP contribution in [-0.4, -0.2) is 28.3 Å². The zero-order valence-corrected chi connectivity index (χ0v) is 19.7. The van der Waals surface area contributed by atoms with Crippen LogP contribution in [0.1, 0.15) is 92.4 Å². The maximum atomic E-state index is 13.8. The van der Waals surface area contributed by atoms with E-state index in [1.54, 1.807) is 0 Å². The van der Waals surface area contributed by atoms with Crippen molar-refractivity contribution in [2.24, 2.45) is 52.3 Å². The first-order valence-electron chi connectivity index (χ1n) is 12.7. The molecule has 0 amide bonds. The summed E-state index contributed by atoms with van der Waals surface area (Å²) >= 11 is 0. The fourth-order valence-electron chi connectivity index (χ4n) is 9.64. The molecule has 4 heteroatoms. The molecule has 0 aliphatic heterocycles. The van der Waals surface area contributed by atoms with Crippen LogP contribution in [0.5, 0.6) is 0 Å². The van der Waals surface area contributed by atoms with Crippen molar-refractivity contribution in [1.82, 2.24) is 0 Å². The molecule has 0 saturated heterocycles. The number of fused-ring (bicyclic) bond motifs is 5. The molecule has 4 aliphatic rings. The van der Waals surface area contributed by atoms with E-state index in [4.69, 9.17) is 0 Å². The van der Waals surface area contributed by atoms with Crippen molar-refractivity contribution < 1.29 is 19.0 Å². The standard InChI is InChI=1S/C26H44F2O2/c1-6-17-21-13-16(29)9-11-25(21,4)20-10-12-24(3)18(15(2)14-26(5,27)28)7-8-19(24)22(20)23(17)30/h15-23,29-30H,6-14H2,1-5H3/t15-,16-,17-,18-,19?,20?,21+,22?,23-,24-,25-/m1/s1. The molecule has 0 spiro atoms. The third-order valence-electron chi connectivity index (χ3n) is 10.8. The summed E-state index contributed by atoms with van der Waals surface area (Å²) < 4.78 is 27.6. The molecule has 11 atom stereocenters. The van der Waals surface area contributed by atoms with E-state index in [1.807, 2.05) is 6.92 Å². The summed E-state index contributed by atoms with van der Waals surface area (Å²) in [6.07, 6.45) is 7.53. The zero-order valence-electron chi connectivity index (χ0n) is 19.7. The van der Waals surface area contributed by atoms with Gasteiger partial charge in [0.2, 0.25) is 5.92 Å². The first kappa shape index (κ1) is 23.0. The molecule has 4 aliphatic carbocycles. The number of aliphatic hydroxyl groups is 2. The van der Waals surface area contributed by atoms with E-state index in [1.165, 1.54) is 0 Å². The van der Waals surface area contributed by atoms with Gasteiger partial charge in [0.1, 0.15) is 0 Å². The van der Waals surface area contributed by atoms with Crippen LogP contribution in [0.3, 0.4) is 0 Å². The summed E-state index contributed by atoms with van der Waals surface area (Å²) in [5.74, 6) is -0.342. The molecule has 174 valence electrons. The summed E-state index contributed by atoms with van der Waals surface area (Å²) in [5, 5.41) is 22.1. The number of rotatable bonds is 4. The summed E-state index contributed by atoms with van der Waals surface area (Å²) in [6.45, 7) is 10.1. The fourth-order valence-corrected chi connectivity index (χ4v) is 9.64. The first-order chi connectivity index (χ1) is 13.9. The topological polar surface area (TPSA) is 40.5 Å². The minimum atomic E-state index is -2.60. The van der Waals surface area contributed by atoms with Crippen LogP contribution in [0.15, 0.2) is 0 Å². The molecule has 4 fully saturated rings. The molecule has 2 N–H and O–H groups in total. The number of hydrogen-bond donors (Lipinski definition) is 2. The third-order valence-corrected chi connectivity index (χ3v) is 10.8. The maximum Gasteiger partial charge on any atom is 0.245 e. The molecule has 3 unspecified atom stereocenters. The van der Waals surface area contributed by atoms with Crippen LogP contribution in [-0.2, 0) is 0 Å². The Morgan fingerprint density at radius 2 is 1.60 bits per heavy atom. The van der Waals surface area contributed by atoms with E-state index >= 15 is 0 Å². The molecule has 4 saturated carbocycles. The van der Waals surface area contributed by atoms with Gasteiger partial charge in [0.05, 0.1) is 12.2 Å². The van der Waals surface area contributed by atoms with Crippen molar-refractivity contribution in [1.29, 1.82) is 0 Å². The van der Waals surface area contributed by atoms with E-state index in [0.29, 0.717) is 29.6 Å². The predicted molar refractivity (Wildman–Crippen MR) is 116 cm³/mol. The molecular weight excluding hydrogens is 382 g/mol. The second kappa shape index (κ2) is 7.68. The normalized spacial score (nSPS) is 52.3. The predicted octanol–water partition coefficient (Wildman–Crippen LogP) is 6.29. The van der Waals surface area contributed by atoms with E-state index in [0.717, 1.165) is 58.3 Å². The molecule has 0 heterocycles. The van der Waals surface area contributed by atoms with E-state index < -0.39 is 5.92 Å². The molecule has 0 aromatic rings. The van der Waals surface area contributed by atoms with Crippen LogP contribution in [0.4, 0.5) is 8.78 Å². The number of halogens is 2. The van der Waals surface area contributed by atoms with Gasteiger partial charge < -0.3 is 10.2 Å². The van der Waals surface area contributed by atoms with Gasteiger partial charge in [-0.2, -0.15) is 0 Å². The lowest BCUT2D eigenvalue weighted by atomic mass is 9.41. The quantitative estimate of drug-likeness (QED) is 0.554. The Bertz CT molecular complexity index is 633. The number of aliphatic hydroxyl groups excluding tert-OH is 2. The highest BCUT2D eigenvalue weighted by Gasteiger charge is 2.65. The smallest absolute Gasteiger partial charge is 0.245 e. The average molecular weight is 427 g/mol. The lowest BCUT2D eigenvalue weighted by Crippen LogP contribution is -2.62. The largest absolute Gasteiger partial charge is 0.393 e. The lowest BCUT2D eigenvalue weighted by Gasteiger charge is -2.64. The van der Waals surface area contributed by atoms with Crippen molar-refractivity contribution in [3.63, 3.8) is 0 Å². The molecule has 0 bridgehead atoms. The lowest BCUT2D eigenvalue weighted by molar-refractivity contribution is -0.203. The van der Waals surface area contributed by atoms with Crippen molar-refractivity contribution in [3.05, 3.63) is 0 Å². The highest BCUT2D eigenvalue weighted by molar-refractivity contribution is 5.13. The van der Waals surface area contributed by atoms with Gasteiger partial charge in [-0.15, -0.1) is 0 Å². The Hall–Kier alpha value is -0.220. The molecule has 30 heavy (non-hydrogen) atoms. The average Bonchev–Trinajstić information content (AvgIpc) is 2.99. The van der Waals surface area contributed by atoms with Crippen LogP contribution >= 0.6 is 0 Å². The van der Waals surface area contributed by atoms with Gasteiger partial charge in [-0.05, 0) is 104 Å². The van der Waals surface area contributed by atoms with Gasteiger partial charge >= 0.3 is 0 Å². The van der Waals surface area contributed by atoms with Crippen molar-refractivity contribution in [2.75, 3.05) is 0 Å². The molecule has 4 rings (SSSR count). The van der Waals surface area contributed by atoms with Crippen molar-refractivity contribution >= 4 is 0 Å². The van der Waals surface area contributed by atoms with Crippen molar-refractivity contribution in [2.45, 2.75) is 111 Å². The molecule has 2 nitrogen and oxygen atoms in total. The summed E-state index contributed by atoms with van der Waals surface area (Å²) in [4.78, 5) is 0. The summed E-state index contributed by atoms with van der Waals surface area (Å²) in [5.41, 5.74) is 0.272. The van der Waals surface area contributed by atoms with E-state index in [2.05, 4.69) is 20.8 Å². The Morgan fingerprint density at radius 3 is 2.23 bits per heavy atom. The Balaban J connectivity index is 1.64. The van der Waals surface area contributed by atoms with Crippen LogP contribution in [0.2, 0.25) is 0 Å². The molecule has 0 aromatic carbocycles. The Labute approximate surface area is 182 Å². The number of hydrogen-bond acceptors (Lipinski definition) is 2. The first-order valence-corrected chi connectivity index (χ1v) is 12.7. The Kier molecular flexibility index (Phi) is 5.88. The van der Waals surface area contributed by atoms with Crippen LogP contribution in [0.25, 0.3) is 0 Å². The zero-order chi connectivity index (χ0) is 22.1. The fraction of sp³-hybridized carbons (Fsp3) is 1.00. The van der Waals surface area contributed by atoms with Gasteiger partial charge in [0.25, 0.3) is 0 Å². The second-order valence-electron chi connectivity index (χ2n) is 12.4.